The van der Waals surface area contributed by atoms with Crippen molar-refractivity contribution in [3.63, 3.8) is 0 Å². The highest BCUT2D eigenvalue weighted by Gasteiger charge is 2.13. The van der Waals surface area contributed by atoms with Crippen LogP contribution >= 0.6 is 27.5 Å². The van der Waals surface area contributed by atoms with Gasteiger partial charge in [0.2, 0.25) is 0 Å². The smallest absolute Gasteiger partial charge is 0.133 e. The summed E-state index contributed by atoms with van der Waals surface area (Å²) in [6.07, 6.45) is 0. The molecule has 1 N–H and O–H groups in total. The van der Waals surface area contributed by atoms with Crippen molar-refractivity contribution in [3.8, 4) is 11.5 Å². The lowest BCUT2D eigenvalue weighted by atomic mass is 10.0. The monoisotopic (exact) mass is 367 g/mol. The fourth-order valence-electron chi connectivity index (χ4n) is 2.16. The lowest BCUT2D eigenvalue weighted by Gasteiger charge is -2.17. The Hall–Kier alpha value is -1.03. The molecule has 0 fully saturated rings. The van der Waals surface area contributed by atoms with Gasteiger partial charge in [-0.1, -0.05) is 47.4 Å². The molecule has 0 aliphatic heterocycles. The van der Waals surface area contributed by atoms with Crippen LogP contribution in [-0.2, 0) is 6.54 Å². The molecule has 0 amide bonds. The van der Waals surface area contributed by atoms with Crippen molar-refractivity contribution in [3.05, 3.63) is 57.0 Å². The van der Waals surface area contributed by atoms with Crippen LogP contribution in [-0.4, -0.2) is 7.05 Å². The van der Waals surface area contributed by atoms with Gasteiger partial charge in [0.25, 0.3) is 0 Å². The van der Waals surface area contributed by atoms with E-state index in [2.05, 4.69) is 41.2 Å². The molecule has 0 heterocycles. The van der Waals surface area contributed by atoms with E-state index in [9.17, 15) is 0 Å². The fraction of sp³-hybridized carbons (Fsp3) is 0.294. The first-order chi connectivity index (χ1) is 10.0. The van der Waals surface area contributed by atoms with Crippen molar-refractivity contribution in [2.45, 2.75) is 26.3 Å². The molecule has 2 rings (SSSR count). The van der Waals surface area contributed by atoms with Crippen LogP contribution in [0.5, 0.6) is 11.5 Å². The van der Waals surface area contributed by atoms with Gasteiger partial charge in [0.1, 0.15) is 11.5 Å². The van der Waals surface area contributed by atoms with E-state index in [1.807, 2.05) is 37.4 Å². The summed E-state index contributed by atoms with van der Waals surface area (Å²) in [4.78, 5) is 0. The average molecular weight is 369 g/mol. The van der Waals surface area contributed by atoms with Crippen LogP contribution in [0.15, 0.2) is 40.9 Å². The molecule has 4 heteroatoms. The summed E-state index contributed by atoms with van der Waals surface area (Å²) < 4.78 is 7.20. The van der Waals surface area contributed by atoms with Gasteiger partial charge in [-0.2, -0.15) is 0 Å². The number of nitrogens with one attached hydrogen (secondary N) is 1. The molecule has 0 radical (unpaired) electrons. The number of rotatable bonds is 5. The Bertz CT molecular complexity index is 628. The van der Waals surface area contributed by atoms with Crippen molar-refractivity contribution in [1.82, 2.24) is 5.32 Å². The number of halogens is 2. The molecule has 0 unspecified atom stereocenters. The van der Waals surface area contributed by atoms with Crippen molar-refractivity contribution in [2.75, 3.05) is 7.05 Å². The van der Waals surface area contributed by atoms with Crippen LogP contribution in [0.2, 0.25) is 5.02 Å². The molecule has 2 aromatic rings. The fourth-order valence-corrected chi connectivity index (χ4v) is 2.78. The third-order valence-electron chi connectivity index (χ3n) is 3.24. The average Bonchev–Trinajstić information content (AvgIpc) is 2.44. The van der Waals surface area contributed by atoms with Crippen molar-refractivity contribution < 1.29 is 4.74 Å². The molecule has 21 heavy (non-hydrogen) atoms. The zero-order chi connectivity index (χ0) is 15.4. The molecule has 0 aliphatic carbocycles. The second kappa shape index (κ2) is 7.30. The van der Waals surface area contributed by atoms with Gasteiger partial charge in [0, 0.05) is 21.6 Å². The Balaban J connectivity index is 2.41. The maximum Gasteiger partial charge on any atom is 0.133 e. The second-order valence-electron chi connectivity index (χ2n) is 5.19. The highest BCUT2D eigenvalue weighted by molar-refractivity contribution is 9.10. The van der Waals surface area contributed by atoms with Gasteiger partial charge in [0.05, 0.1) is 0 Å². The summed E-state index contributed by atoms with van der Waals surface area (Å²) in [5.41, 5.74) is 2.14. The Morgan fingerprint density at radius 1 is 1.19 bits per heavy atom. The van der Waals surface area contributed by atoms with Crippen LogP contribution in [0.3, 0.4) is 0 Å². The summed E-state index contributed by atoms with van der Waals surface area (Å²) in [7, 11) is 1.90. The number of hydrogen-bond donors (Lipinski definition) is 1. The lowest BCUT2D eigenvalue weighted by Crippen LogP contribution is -2.07. The van der Waals surface area contributed by atoms with Crippen molar-refractivity contribution in [2.24, 2.45) is 0 Å². The van der Waals surface area contributed by atoms with Crippen LogP contribution in [0, 0.1) is 0 Å². The van der Waals surface area contributed by atoms with Gasteiger partial charge in [-0.05, 0) is 48.9 Å². The number of ether oxygens (including phenoxy) is 1. The number of hydrogen-bond acceptors (Lipinski definition) is 2. The molecule has 0 atom stereocenters. The predicted molar refractivity (Wildman–Crippen MR) is 92.5 cm³/mol. The number of benzene rings is 2. The first kappa shape index (κ1) is 16.3. The molecule has 0 aromatic heterocycles. The normalized spacial score (nSPS) is 11.0. The molecular weight excluding hydrogens is 350 g/mol. The molecule has 0 aliphatic rings. The van der Waals surface area contributed by atoms with E-state index in [4.69, 9.17) is 16.3 Å². The molecule has 0 spiro atoms. The minimum atomic E-state index is 0.379. The van der Waals surface area contributed by atoms with Crippen molar-refractivity contribution >= 4 is 27.5 Å². The minimum absolute atomic E-state index is 0.379. The van der Waals surface area contributed by atoms with Gasteiger partial charge in [0.15, 0.2) is 0 Å². The van der Waals surface area contributed by atoms with Crippen LogP contribution in [0.1, 0.15) is 30.9 Å². The summed E-state index contributed by atoms with van der Waals surface area (Å²) >= 11 is 9.79. The first-order valence-corrected chi connectivity index (χ1v) is 8.09. The van der Waals surface area contributed by atoms with Crippen LogP contribution < -0.4 is 10.1 Å². The molecule has 0 bridgehead atoms. The SMILES string of the molecule is CNCc1c(Cl)cccc1Oc1ccc(Br)cc1C(C)C. The van der Waals surface area contributed by atoms with Crippen LogP contribution in [0.25, 0.3) is 0 Å². The Labute approximate surface area is 139 Å². The quantitative estimate of drug-likeness (QED) is 0.727. The zero-order valence-corrected chi connectivity index (χ0v) is 14.8. The molecule has 0 saturated carbocycles. The Kier molecular flexibility index (Phi) is 5.68. The second-order valence-corrected chi connectivity index (χ2v) is 6.51. The van der Waals surface area contributed by atoms with E-state index < -0.39 is 0 Å². The van der Waals surface area contributed by atoms with E-state index in [-0.39, 0.29) is 0 Å². The largest absolute Gasteiger partial charge is 0.457 e. The first-order valence-electron chi connectivity index (χ1n) is 6.92. The van der Waals surface area contributed by atoms with E-state index in [0.29, 0.717) is 17.5 Å². The summed E-state index contributed by atoms with van der Waals surface area (Å²) in [5, 5.41) is 3.84. The standard InChI is InChI=1S/C17H19BrClNO/c1-11(2)13-9-12(18)7-8-17(13)21-16-6-4-5-15(19)14(16)10-20-3/h4-9,11,20H,10H2,1-3H3. The molecule has 2 nitrogen and oxygen atoms in total. The van der Waals surface area contributed by atoms with Gasteiger partial charge >= 0.3 is 0 Å². The van der Waals surface area contributed by atoms with E-state index >= 15 is 0 Å². The highest BCUT2D eigenvalue weighted by Crippen LogP contribution is 2.35. The van der Waals surface area contributed by atoms with Gasteiger partial charge in [-0.25, -0.2) is 0 Å². The van der Waals surface area contributed by atoms with E-state index in [1.165, 1.54) is 5.56 Å². The molecule has 2 aromatic carbocycles. The topological polar surface area (TPSA) is 21.3 Å². The van der Waals surface area contributed by atoms with Gasteiger partial charge < -0.3 is 10.1 Å². The van der Waals surface area contributed by atoms with Crippen LogP contribution in [0.4, 0.5) is 0 Å². The molecular formula is C17H19BrClNO. The lowest BCUT2D eigenvalue weighted by molar-refractivity contribution is 0.465. The van der Waals surface area contributed by atoms with Crippen molar-refractivity contribution in [1.29, 1.82) is 0 Å². The Morgan fingerprint density at radius 3 is 2.62 bits per heavy atom. The summed E-state index contributed by atoms with van der Waals surface area (Å²) in [6, 6.07) is 11.8. The van der Waals surface area contributed by atoms with E-state index in [0.717, 1.165) is 21.5 Å². The molecule has 112 valence electrons. The third kappa shape index (κ3) is 4.00. The van der Waals surface area contributed by atoms with Gasteiger partial charge in [-0.15, -0.1) is 0 Å². The summed E-state index contributed by atoms with van der Waals surface area (Å²) in [6.45, 7) is 4.98. The maximum atomic E-state index is 6.27. The van der Waals surface area contributed by atoms with Gasteiger partial charge in [-0.3, -0.25) is 0 Å². The summed E-state index contributed by atoms with van der Waals surface area (Å²) in [5.74, 6) is 2.04. The highest BCUT2D eigenvalue weighted by atomic mass is 79.9. The minimum Gasteiger partial charge on any atom is -0.457 e. The maximum absolute atomic E-state index is 6.27. The molecule has 0 saturated heterocycles. The third-order valence-corrected chi connectivity index (χ3v) is 4.09. The predicted octanol–water partition coefficient (Wildman–Crippen LogP) is 5.74. The zero-order valence-electron chi connectivity index (χ0n) is 12.4. The Morgan fingerprint density at radius 2 is 1.95 bits per heavy atom. The van der Waals surface area contributed by atoms with E-state index in [1.54, 1.807) is 0 Å².